The van der Waals surface area contributed by atoms with Crippen LogP contribution in [0.2, 0.25) is 0 Å². The van der Waals surface area contributed by atoms with Gasteiger partial charge in [-0.15, -0.1) is 18.3 Å². The molecule has 7 nitrogen and oxygen atoms in total. The van der Waals surface area contributed by atoms with Crippen molar-refractivity contribution in [2.75, 3.05) is 10.6 Å². The molecule has 1 saturated carbocycles. The number of nitrogens with zero attached hydrogens (tertiary/aromatic N) is 3. The number of alkyl halides is 3. The first-order valence-electron chi connectivity index (χ1n) is 9.35. The number of nitrogens with two attached hydrogens (primary N) is 1. The van der Waals surface area contributed by atoms with Crippen LogP contribution >= 0.6 is 0 Å². The van der Waals surface area contributed by atoms with Crippen LogP contribution in [0.15, 0.2) is 42.7 Å². The minimum absolute atomic E-state index is 0.251. The van der Waals surface area contributed by atoms with Gasteiger partial charge in [0, 0.05) is 42.3 Å². The number of benzene rings is 1. The van der Waals surface area contributed by atoms with Crippen molar-refractivity contribution < 1.29 is 17.9 Å². The SMILES string of the molecule is NC1CCC(Nc2cc(Nc3cccc(OC(F)(F)F)c3)c3nccn3n2)CC1. The number of imidazole rings is 1. The van der Waals surface area contributed by atoms with Crippen LogP contribution in [-0.4, -0.2) is 33.0 Å². The van der Waals surface area contributed by atoms with Crippen molar-refractivity contribution in [2.45, 2.75) is 44.1 Å². The van der Waals surface area contributed by atoms with Crippen molar-refractivity contribution in [1.29, 1.82) is 0 Å². The normalized spacial score (nSPS) is 19.9. The molecule has 0 bridgehead atoms. The number of ether oxygens (including phenoxy) is 1. The second-order valence-corrected chi connectivity index (χ2v) is 7.10. The molecule has 4 rings (SSSR count). The summed E-state index contributed by atoms with van der Waals surface area (Å²) in [6, 6.07) is 7.99. The van der Waals surface area contributed by atoms with E-state index in [2.05, 4.69) is 25.5 Å². The molecule has 2 aromatic heterocycles. The predicted octanol–water partition coefficient (Wildman–Crippen LogP) is 4.05. The van der Waals surface area contributed by atoms with E-state index in [0.29, 0.717) is 22.8 Å². The number of aromatic nitrogens is 3. The van der Waals surface area contributed by atoms with E-state index in [1.165, 1.54) is 18.2 Å². The number of anilines is 3. The van der Waals surface area contributed by atoms with Crippen LogP contribution in [0.3, 0.4) is 0 Å². The Balaban J connectivity index is 1.57. The van der Waals surface area contributed by atoms with Gasteiger partial charge in [-0.2, -0.15) is 0 Å². The summed E-state index contributed by atoms with van der Waals surface area (Å²) >= 11 is 0. The van der Waals surface area contributed by atoms with Crippen LogP contribution in [0.4, 0.5) is 30.4 Å². The molecule has 0 spiro atoms. The van der Waals surface area contributed by atoms with Crippen molar-refractivity contribution in [3.63, 3.8) is 0 Å². The molecule has 3 aromatic rings. The number of halogens is 3. The summed E-state index contributed by atoms with van der Waals surface area (Å²) in [5, 5.41) is 11.1. The summed E-state index contributed by atoms with van der Waals surface area (Å²) in [6.07, 6.45) is 2.43. The molecule has 29 heavy (non-hydrogen) atoms. The molecule has 0 atom stereocenters. The van der Waals surface area contributed by atoms with E-state index >= 15 is 0 Å². The van der Waals surface area contributed by atoms with Gasteiger partial charge in [0.15, 0.2) is 5.65 Å². The average Bonchev–Trinajstić information content (AvgIpc) is 3.11. The van der Waals surface area contributed by atoms with Gasteiger partial charge in [0.05, 0.1) is 5.69 Å². The fourth-order valence-electron chi connectivity index (χ4n) is 3.48. The van der Waals surface area contributed by atoms with Gasteiger partial charge in [-0.1, -0.05) is 6.07 Å². The van der Waals surface area contributed by atoms with E-state index < -0.39 is 6.36 Å². The van der Waals surface area contributed by atoms with E-state index in [1.54, 1.807) is 29.0 Å². The van der Waals surface area contributed by atoms with Gasteiger partial charge in [-0.25, -0.2) is 9.50 Å². The standard InChI is InChI=1S/C19H21F3N6O/c20-19(21,22)29-15-3-1-2-14(10-15)25-16-11-17(27-28-9-8-24-18(16)28)26-13-6-4-12(23)5-7-13/h1-3,8-13,25H,4-7,23H2,(H,26,27). The molecule has 0 aliphatic heterocycles. The zero-order valence-corrected chi connectivity index (χ0v) is 15.5. The molecule has 1 aliphatic carbocycles. The van der Waals surface area contributed by atoms with Crippen LogP contribution in [-0.2, 0) is 0 Å². The third-order valence-electron chi connectivity index (χ3n) is 4.83. The quantitative estimate of drug-likeness (QED) is 0.592. The van der Waals surface area contributed by atoms with Crippen molar-refractivity contribution in [3.05, 3.63) is 42.7 Å². The third kappa shape index (κ3) is 4.89. The molecule has 0 amide bonds. The first kappa shape index (κ1) is 19.3. The highest BCUT2D eigenvalue weighted by Crippen LogP contribution is 2.29. The van der Waals surface area contributed by atoms with Gasteiger partial charge in [-0.3, -0.25) is 0 Å². The Bertz CT molecular complexity index is 981. The molecule has 2 heterocycles. The van der Waals surface area contributed by atoms with Crippen molar-refractivity contribution >= 4 is 22.8 Å². The molecule has 0 saturated heterocycles. The first-order chi connectivity index (χ1) is 13.9. The lowest BCUT2D eigenvalue weighted by atomic mass is 9.92. The molecule has 0 unspecified atom stereocenters. The van der Waals surface area contributed by atoms with E-state index in [9.17, 15) is 13.2 Å². The predicted molar refractivity (Wildman–Crippen MR) is 103 cm³/mol. The number of nitrogens with one attached hydrogen (secondary N) is 2. The first-order valence-corrected chi connectivity index (χ1v) is 9.35. The number of hydrogen-bond acceptors (Lipinski definition) is 6. The summed E-state index contributed by atoms with van der Waals surface area (Å²) in [5.74, 6) is 0.356. The molecular formula is C19H21F3N6O. The van der Waals surface area contributed by atoms with Crippen molar-refractivity contribution in [2.24, 2.45) is 5.73 Å². The van der Waals surface area contributed by atoms with Crippen LogP contribution in [0, 0.1) is 0 Å². The summed E-state index contributed by atoms with van der Waals surface area (Å²) in [6.45, 7) is 0. The van der Waals surface area contributed by atoms with E-state index in [-0.39, 0.29) is 17.8 Å². The summed E-state index contributed by atoms with van der Waals surface area (Å²) in [4.78, 5) is 4.28. The Morgan fingerprint density at radius 1 is 1.14 bits per heavy atom. The number of hydrogen-bond donors (Lipinski definition) is 3. The lowest BCUT2D eigenvalue weighted by Gasteiger charge is -2.27. The maximum atomic E-state index is 12.5. The van der Waals surface area contributed by atoms with Crippen LogP contribution in [0.1, 0.15) is 25.7 Å². The average molecular weight is 406 g/mol. The van der Waals surface area contributed by atoms with Gasteiger partial charge >= 0.3 is 6.36 Å². The Morgan fingerprint density at radius 3 is 2.69 bits per heavy atom. The minimum Gasteiger partial charge on any atom is -0.406 e. The smallest absolute Gasteiger partial charge is 0.406 e. The summed E-state index contributed by atoms with van der Waals surface area (Å²) in [7, 11) is 0. The largest absolute Gasteiger partial charge is 0.573 e. The van der Waals surface area contributed by atoms with Gasteiger partial charge in [-0.05, 0) is 37.8 Å². The van der Waals surface area contributed by atoms with Crippen LogP contribution in [0.25, 0.3) is 5.65 Å². The van der Waals surface area contributed by atoms with Gasteiger partial charge in [0.2, 0.25) is 0 Å². The van der Waals surface area contributed by atoms with E-state index in [0.717, 1.165) is 25.7 Å². The number of rotatable bonds is 5. The molecular weight excluding hydrogens is 385 g/mol. The fraction of sp³-hybridized carbons (Fsp3) is 0.368. The zero-order chi connectivity index (χ0) is 20.4. The summed E-state index contributed by atoms with van der Waals surface area (Å²) in [5.41, 5.74) is 7.58. The maximum Gasteiger partial charge on any atom is 0.573 e. The second kappa shape index (κ2) is 7.78. The molecule has 10 heteroatoms. The second-order valence-electron chi connectivity index (χ2n) is 7.10. The van der Waals surface area contributed by atoms with E-state index in [1.807, 2.05) is 0 Å². The fourth-order valence-corrected chi connectivity index (χ4v) is 3.48. The van der Waals surface area contributed by atoms with Gasteiger partial charge in [0.25, 0.3) is 0 Å². The molecule has 4 N–H and O–H groups in total. The lowest BCUT2D eigenvalue weighted by molar-refractivity contribution is -0.274. The Kier molecular flexibility index (Phi) is 5.18. The summed E-state index contributed by atoms with van der Waals surface area (Å²) < 4.78 is 43.1. The van der Waals surface area contributed by atoms with Crippen LogP contribution < -0.4 is 21.1 Å². The molecule has 154 valence electrons. The van der Waals surface area contributed by atoms with Crippen molar-refractivity contribution in [3.8, 4) is 5.75 Å². The molecule has 1 aliphatic rings. The number of fused-ring (bicyclic) bond motifs is 1. The van der Waals surface area contributed by atoms with Gasteiger partial charge < -0.3 is 21.1 Å². The lowest BCUT2D eigenvalue weighted by Crippen LogP contribution is -2.33. The van der Waals surface area contributed by atoms with E-state index in [4.69, 9.17) is 5.73 Å². The Morgan fingerprint density at radius 2 is 1.93 bits per heavy atom. The molecule has 1 aromatic carbocycles. The highest BCUT2D eigenvalue weighted by molar-refractivity contribution is 5.76. The highest BCUT2D eigenvalue weighted by Gasteiger charge is 2.31. The monoisotopic (exact) mass is 406 g/mol. The Labute approximate surface area is 165 Å². The van der Waals surface area contributed by atoms with Gasteiger partial charge in [0.1, 0.15) is 11.6 Å². The maximum absolute atomic E-state index is 12.5. The van der Waals surface area contributed by atoms with Crippen LogP contribution in [0.5, 0.6) is 5.75 Å². The third-order valence-corrected chi connectivity index (χ3v) is 4.83. The molecule has 0 radical (unpaired) electrons. The van der Waals surface area contributed by atoms with Crippen molar-refractivity contribution in [1.82, 2.24) is 14.6 Å². The molecule has 1 fully saturated rings. The topological polar surface area (TPSA) is 89.5 Å². The zero-order valence-electron chi connectivity index (χ0n) is 15.5. The Hall–Kier alpha value is -3.01. The minimum atomic E-state index is -4.74. The highest BCUT2D eigenvalue weighted by atomic mass is 19.4.